The Bertz CT molecular complexity index is 1140. The summed E-state index contributed by atoms with van der Waals surface area (Å²) in [5, 5.41) is 8.04. The summed E-state index contributed by atoms with van der Waals surface area (Å²) in [6.45, 7) is 10.1. The van der Waals surface area contributed by atoms with Gasteiger partial charge in [0.15, 0.2) is 5.82 Å². The number of nitrogens with one attached hydrogen (secondary N) is 1. The second kappa shape index (κ2) is 11.3. The molecule has 0 bridgehead atoms. The van der Waals surface area contributed by atoms with Crippen molar-refractivity contribution in [1.29, 1.82) is 0 Å². The smallest absolute Gasteiger partial charge is 0.224 e. The van der Waals surface area contributed by atoms with Gasteiger partial charge in [0.25, 0.3) is 0 Å². The highest BCUT2D eigenvalue weighted by atomic mass is 16.5. The van der Waals surface area contributed by atoms with Crippen molar-refractivity contribution in [3.63, 3.8) is 0 Å². The monoisotopic (exact) mass is 480 g/mol. The van der Waals surface area contributed by atoms with Crippen LogP contribution in [0.25, 0.3) is 16.7 Å². The molecule has 1 N–H and O–H groups in total. The average molecular weight is 481 g/mol. The molecular formula is C27H36N4O4. The molecule has 0 radical (unpaired) electrons. The SMILES string of the molecule is CCC(C(=O)N[C@H](C=O)C[C@H](CC)Oc1cc(-n2cccn2)nc2cc(OC)ccc12)C(C)(C)C. The molecular weight excluding hydrogens is 444 g/mol. The van der Waals surface area contributed by atoms with Crippen LogP contribution in [0.5, 0.6) is 11.5 Å². The van der Waals surface area contributed by atoms with Crippen molar-refractivity contribution >= 4 is 23.1 Å². The minimum absolute atomic E-state index is 0.102. The van der Waals surface area contributed by atoms with Crippen molar-refractivity contribution in [3.8, 4) is 17.3 Å². The topological polar surface area (TPSA) is 95.3 Å². The quantitative estimate of drug-likeness (QED) is 0.399. The molecule has 1 aromatic carbocycles. The number of rotatable bonds is 11. The zero-order valence-electron chi connectivity index (χ0n) is 21.4. The van der Waals surface area contributed by atoms with E-state index in [4.69, 9.17) is 14.5 Å². The molecule has 1 amide bonds. The van der Waals surface area contributed by atoms with E-state index < -0.39 is 6.04 Å². The number of methoxy groups -OCH3 is 1. The maximum atomic E-state index is 12.9. The normalized spacial score (nSPS) is 14.2. The lowest BCUT2D eigenvalue weighted by Crippen LogP contribution is -2.45. The minimum Gasteiger partial charge on any atom is -0.497 e. The van der Waals surface area contributed by atoms with E-state index in [1.807, 2.05) is 71.1 Å². The highest BCUT2D eigenvalue weighted by Crippen LogP contribution is 2.32. The first-order chi connectivity index (χ1) is 16.7. The van der Waals surface area contributed by atoms with Gasteiger partial charge in [-0.2, -0.15) is 5.10 Å². The summed E-state index contributed by atoms with van der Waals surface area (Å²) in [6.07, 6.45) is 5.73. The van der Waals surface area contributed by atoms with Gasteiger partial charge in [-0.05, 0) is 36.5 Å². The Balaban J connectivity index is 1.86. The minimum atomic E-state index is -0.636. The van der Waals surface area contributed by atoms with Crippen LogP contribution in [0.2, 0.25) is 0 Å². The Morgan fingerprint density at radius 3 is 2.54 bits per heavy atom. The fraction of sp³-hybridized carbons (Fsp3) is 0.481. The molecule has 2 heterocycles. The molecule has 0 fully saturated rings. The van der Waals surface area contributed by atoms with Crippen LogP contribution in [0.3, 0.4) is 0 Å². The third kappa shape index (κ3) is 6.38. The van der Waals surface area contributed by atoms with Gasteiger partial charge in [-0.3, -0.25) is 4.79 Å². The second-order valence-electron chi connectivity index (χ2n) is 9.77. The van der Waals surface area contributed by atoms with Gasteiger partial charge in [0.2, 0.25) is 5.91 Å². The standard InChI is InChI=1S/C27H36N4O4/c1-7-19(14-18(17-32)29-26(33)22(8-2)27(3,4)5)35-24-16-25(31-13-9-12-28-31)30-23-15-20(34-6)10-11-21(23)24/h9-13,15-19,22H,7-8,14H2,1-6H3,(H,29,33)/t18-,19-,22?/m0/s1. The predicted molar refractivity (Wildman–Crippen MR) is 136 cm³/mol. The van der Waals surface area contributed by atoms with E-state index in [-0.39, 0.29) is 23.3 Å². The van der Waals surface area contributed by atoms with Gasteiger partial charge in [0.05, 0.1) is 18.7 Å². The number of ether oxygens (including phenoxy) is 2. The number of aldehydes is 1. The summed E-state index contributed by atoms with van der Waals surface area (Å²) in [5.41, 5.74) is 0.519. The van der Waals surface area contributed by atoms with Crippen LogP contribution in [0.15, 0.2) is 42.7 Å². The largest absolute Gasteiger partial charge is 0.497 e. The number of aromatic nitrogens is 3. The highest BCUT2D eigenvalue weighted by Gasteiger charge is 2.31. The van der Waals surface area contributed by atoms with Gasteiger partial charge >= 0.3 is 0 Å². The lowest BCUT2D eigenvalue weighted by atomic mass is 9.78. The van der Waals surface area contributed by atoms with Crippen molar-refractivity contribution in [2.24, 2.45) is 11.3 Å². The summed E-state index contributed by atoms with van der Waals surface area (Å²) < 4.78 is 13.5. The number of amides is 1. The van der Waals surface area contributed by atoms with Crippen LogP contribution < -0.4 is 14.8 Å². The Morgan fingerprint density at radius 1 is 1.20 bits per heavy atom. The maximum absolute atomic E-state index is 12.9. The van der Waals surface area contributed by atoms with E-state index in [0.717, 1.165) is 11.7 Å². The molecule has 3 atom stereocenters. The molecule has 3 rings (SSSR count). The molecule has 8 heteroatoms. The molecule has 188 valence electrons. The molecule has 3 aromatic rings. The fourth-order valence-electron chi connectivity index (χ4n) is 4.29. The van der Waals surface area contributed by atoms with Crippen molar-refractivity contribution in [2.75, 3.05) is 7.11 Å². The molecule has 1 unspecified atom stereocenters. The van der Waals surface area contributed by atoms with Gasteiger partial charge in [-0.15, -0.1) is 0 Å². The molecule has 0 aliphatic carbocycles. The zero-order valence-corrected chi connectivity index (χ0v) is 21.4. The number of fused-ring (bicyclic) bond motifs is 1. The summed E-state index contributed by atoms with van der Waals surface area (Å²) in [7, 11) is 1.61. The molecule has 0 saturated carbocycles. The van der Waals surface area contributed by atoms with Crippen molar-refractivity contribution < 1.29 is 19.1 Å². The first-order valence-corrected chi connectivity index (χ1v) is 12.1. The van der Waals surface area contributed by atoms with Crippen LogP contribution in [0.4, 0.5) is 0 Å². The average Bonchev–Trinajstić information content (AvgIpc) is 3.37. The highest BCUT2D eigenvalue weighted by molar-refractivity contribution is 5.87. The van der Waals surface area contributed by atoms with Gasteiger partial charge in [-0.1, -0.05) is 34.6 Å². The van der Waals surface area contributed by atoms with Crippen LogP contribution in [0, 0.1) is 11.3 Å². The van der Waals surface area contributed by atoms with E-state index in [1.165, 1.54) is 0 Å². The number of hydrogen-bond acceptors (Lipinski definition) is 6. The van der Waals surface area contributed by atoms with Crippen LogP contribution in [-0.2, 0) is 9.59 Å². The summed E-state index contributed by atoms with van der Waals surface area (Å²) in [5.74, 6) is 1.65. The molecule has 0 aliphatic heterocycles. The van der Waals surface area contributed by atoms with Gasteiger partial charge < -0.3 is 19.6 Å². The maximum Gasteiger partial charge on any atom is 0.224 e. The summed E-state index contributed by atoms with van der Waals surface area (Å²) in [4.78, 5) is 29.5. The molecule has 35 heavy (non-hydrogen) atoms. The Hall–Kier alpha value is -3.42. The van der Waals surface area contributed by atoms with E-state index in [0.29, 0.717) is 42.1 Å². The van der Waals surface area contributed by atoms with Crippen LogP contribution in [0.1, 0.15) is 53.9 Å². The molecule has 2 aromatic heterocycles. The Morgan fingerprint density at radius 2 is 1.97 bits per heavy atom. The third-order valence-electron chi connectivity index (χ3n) is 6.23. The van der Waals surface area contributed by atoms with Gasteiger partial charge in [0, 0.05) is 42.3 Å². The number of carbonyl (C=O) groups excluding carboxylic acids is 2. The number of nitrogens with zero attached hydrogens (tertiary/aromatic N) is 3. The number of pyridine rings is 1. The second-order valence-corrected chi connectivity index (χ2v) is 9.77. The van der Waals surface area contributed by atoms with Crippen LogP contribution >= 0.6 is 0 Å². The summed E-state index contributed by atoms with van der Waals surface area (Å²) in [6, 6.07) is 8.64. The zero-order chi connectivity index (χ0) is 25.6. The van der Waals surface area contributed by atoms with E-state index in [1.54, 1.807) is 18.0 Å². The molecule has 0 spiro atoms. The van der Waals surface area contributed by atoms with Crippen molar-refractivity contribution in [3.05, 3.63) is 42.7 Å². The van der Waals surface area contributed by atoms with E-state index in [9.17, 15) is 9.59 Å². The first-order valence-electron chi connectivity index (χ1n) is 12.1. The molecule has 8 nitrogen and oxygen atoms in total. The van der Waals surface area contributed by atoms with Gasteiger partial charge in [-0.25, -0.2) is 9.67 Å². The lowest BCUT2D eigenvalue weighted by molar-refractivity contribution is -0.130. The third-order valence-corrected chi connectivity index (χ3v) is 6.23. The van der Waals surface area contributed by atoms with Gasteiger partial charge in [0.1, 0.15) is 23.9 Å². The number of benzene rings is 1. The molecule has 0 saturated heterocycles. The van der Waals surface area contributed by atoms with Crippen LogP contribution in [-0.4, -0.2) is 46.2 Å². The lowest BCUT2D eigenvalue weighted by Gasteiger charge is -2.30. The number of hydrogen-bond donors (Lipinski definition) is 1. The Labute approximate surface area is 207 Å². The summed E-state index contributed by atoms with van der Waals surface area (Å²) >= 11 is 0. The number of carbonyl (C=O) groups is 2. The fourth-order valence-corrected chi connectivity index (χ4v) is 4.29. The van der Waals surface area contributed by atoms with Crippen molar-refractivity contribution in [1.82, 2.24) is 20.1 Å². The van der Waals surface area contributed by atoms with Crippen molar-refractivity contribution in [2.45, 2.75) is 66.0 Å². The first kappa shape index (κ1) is 26.2. The van der Waals surface area contributed by atoms with E-state index in [2.05, 4.69) is 10.4 Å². The Kier molecular flexibility index (Phi) is 8.48. The van der Waals surface area contributed by atoms with E-state index >= 15 is 0 Å². The predicted octanol–water partition coefficient (Wildman–Crippen LogP) is 4.73. The molecule has 0 aliphatic rings.